The van der Waals surface area contributed by atoms with Crippen LogP contribution in [0.1, 0.15) is 19.2 Å². The molecule has 27 heavy (non-hydrogen) atoms. The van der Waals surface area contributed by atoms with Crippen LogP contribution in [-0.4, -0.2) is 33.8 Å². The molecule has 3 aromatic rings. The van der Waals surface area contributed by atoms with Gasteiger partial charge in [0.2, 0.25) is 5.91 Å². The Morgan fingerprint density at radius 1 is 1.15 bits per heavy atom. The summed E-state index contributed by atoms with van der Waals surface area (Å²) in [6, 6.07) is 7.40. The molecule has 0 bridgehead atoms. The topological polar surface area (TPSA) is 119 Å². The standard InChI is InChI=1S/C17H18N6O3S/c1-3-17(24)21-13-4-6-14(7-5-13)27(25,26)22-15-10-16(20-11-19-15)23-9-8-18-12(23)2/h4-11H,3H2,1-2H3,(H,21,24)(H,19,20,22). The van der Waals surface area contributed by atoms with Crippen molar-refractivity contribution in [1.29, 1.82) is 0 Å². The molecule has 0 fully saturated rings. The third-order valence-corrected chi connectivity index (χ3v) is 5.10. The van der Waals surface area contributed by atoms with Crippen molar-refractivity contribution in [2.75, 3.05) is 10.0 Å². The van der Waals surface area contributed by atoms with E-state index in [4.69, 9.17) is 0 Å². The van der Waals surface area contributed by atoms with Crippen LogP contribution >= 0.6 is 0 Å². The first-order valence-corrected chi connectivity index (χ1v) is 9.62. The number of carbonyl (C=O) groups is 1. The van der Waals surface area contributed by atoms with Gasteiger partial charge in [-0.1, -0.05) is 6.92 Å². The molecule has 140 valence electrons. The van der Waals surface area contributed by atoms with Gasteiger partial charge in [-0.25, -0.2) is 23.4 Å². The summed E-state index contributed by atoms with van der Waals surface area (Å²) < 4.78 is 29.3. The maximum Gasteiger partial charge on any atom is 0.263 e. The van der Waals surface area contributed by atoms with Crippen molar-refractivity contribution in [2.24, 2.45) is 0 Å². The minimum atomic E-state index is -3.84. The van der Waals surface area contributed by atoms with Crippen molar-refractivity contribution < 1.29 is 13.2 Å². The van der Waals surface area contributed by atoms with Gasteiger partial charge in [-0.3, -0.25) is 14.1 Å². The Labute approximate surface area is 156 Å². The summed E-state index contributed by atoms with van der Waals surface area (Å²) in [6.45, 7) is 3.55. The molecule has 3 rings (SSSR count). The molecule has 1 aromatic carbocycles. The van der Waals surface area contributed by atoms with Gasteiger partial charge in [0.05, 0.1) is 4.90 Å². The van der Waals surface area contributed by atoms with E-state index >= 15 is 0 Å². The predicted molar refractivity (Wildman–Crippen MR) is 100 cm³/mol. The van der Waals surface area contributed by atoms with Crippen molar-refractivity contribution in [3.8, 4) is 5.82 Å². The van der Waals surface area contributed by atoms with E-state index in [0.29, 0.717) is 23.8 Å². The van der Waals surface area contributed by atoms with E-state index in [9.17, 15) is 13.2 Å². The Bertz CT molecular complexity index is 1060. The first-order valence-electron chi connectivity index (χ1n) is 8.14. The maximum atomic E-state index is 12.6. The zero-order chi connectivity index (χ0) is 19.4. The van der Waals surface area contributed by atoms with Gasteiger partial charge in [-0.05, 0) is 31.2 Å². The SMILES string of the molecule is CCC(=O)Nc1ccc(S(=O)(=O)Nc2cc(-n3ccnc3C)ncn2)cc1. The fourth-order valence-corrected chi connectivity index (χ4v) is 3.32. The van der Waals surface area contributed by atoms with Gasteiger partial charge in [-0.15, -0.1) is 0 Å². The highest BCUT2D eigenvalue weighted by atomic mass is 32.2. The third-order valence-electron chi connectivity index (χ3n) is 3.73. The number of amides is 1. The Morgan fingerprint density at radius 2 is 1.89 bits per heavy atom. The first kappa shape index (κ1) is 18.5. The van der Waals surface area contributed by atoms with E-state index in [1.54, 1.807) is 23.9 Å². The fraction of sp³-hybridized carbons (Fsp3) is 0.176. The van der Waals surface area contributed by atoms with E-state index in [1.807, 2.05) is 6.92 Å². The van der Waals surface area contributed by atoms with E-state index < -0.39 is 10.0 Å². The molecular weight excluding hydrogens is 368 g/mol. The number of hydrogen-bond donors (Lipinski definition) is 2. The van der Waals surface area contributed by atoms with Gasteiger partial charge in [0.1, 0.15) is 23.8 Å². The number of rotatable bonds is 6. The van der Waals surface area contributed by atoms with Gasteiger partial charge >= 0.3 is 0 Å². The molecule has 0 aliphatic carbocycles. The Balaban J connectivity index is 1.80. The number of aromatic nitrogens is 4. The summed E-state index contributed by atoms with van der Waals surface area (Å²) in [4.78, 5) is 23.7. The van der Waals surface area contributed by atoms with Crippen molar-refractivity contribution in [3.05, 3.63) is 54.9 Å². The Morgan fingerprint density at radius 3 is 2.52 bits per heavy atom. The minimum absolute atomic E-state index is 0.0518. The zero-order valence-corrected chi connectivity index (χ0v) is 15.6. The molecule has 2 aromatic heterocycles. The second kappa shape index (κ2) is 7.54. The summed E-state index contributed by atoms with van der Waals surface area (Å²) in [5.41, 5.74) is 0.528. The van der Waals surface area contributed by atoms with Gasteiger partial charge < -0.3 is 5.32 Å². The van der Waals surface area contributed by atoms with Gasteiger partial charge in [-0.2, -0.15) is 0 Å². The summed E-state index contributed by atoms with van der Waals surface area (Å²) >= 11 is 0. The molecule has 0 aliphatic heterocycles. The molecule has 10 heteroatoms. The summed E-state index contributed by atoms with van der Waals surface area (Å²) in [5.74, 6) is 1.20. The molecule has 0 saturated heterocycles. The maximum absolute atomic E-state index is 12.6. The van der Waals surface area contributed by atoms with Crippen LogP contribution in [0, 0.1) is 6.92 Å². The van der Waals surface area contributed by atoms with Crippen LogP contribution in [-0.2, 0) is 14.8 Å². The summed E-state index contributed by atoms with van der Waals surface area (Å²) in [6.07, 6.45) is 4.96. The fourth-order valence-electron chi connectivity index (χ4n) is 2.32. The third kappa shape index (κ3) is 4.29. The highest BCUT2D eigenvalue weighted by Gasteiger charge is 2.16. The molecule has 0 unspecified atom stereocenters. The van der Waals surface area contributed by atoms with Crippen molar-refractivity contribution in [2.45, 2.75) is 25.2 Å². The average molecular weight is 386 g/mol. The molecule has 0 atom stereocenters. The molecule has 2 N–H and O–H groups in total. The van der Waals surface area contributed by atoms with Crippen LogP contribution in [0.15, 0.2) is 53.9 Å². The second-order valence-electron chi connectivity index (χ2n) is 5.64. The average Bonchev–Trinajstić information content (AvgIpc) is 3.08. The zero-order valence-electron chi connectivity index (χ0n) is 14.7. The predicted octanol–water partition coefficient (Wildman–Crippen LogP) is 2.12. The number of hydrogen-bond acceptors (Lipinski definition) is 6. The first-order chi connectivity index (χ1) is 12.9. The van der Waals surface area contributed by atoms with Crippen molar-refractivity contribution in [3.63, 3.8) is 0 Å². The lowest BCUT2D eigenvalue weighted by atomic mass is 10.3. The van der Waals surface area contributed by atoms with Crippen molar-refractivity contribution >= 4 is 27.4 Å². The van der Waals surface area contributed by atoms with Gasteiger partial charge in [0.15, 0.2) is 0 Å². The van der Waals surface area contributed by atoms with Crippen LogP contribution in [0.3, 0.4) is 0 Å². The second-order valence-corrected chi connectivity index (χ2v) is 7.32. The Kier molecular flexibility index (Phi) is 5.17. The van der Waals surface area contributed by atoms with E-state index in [2.05, 4.69) is 25.0 Å². The molecule has 0 radical (unpaired) electrons. The Hall–Kier alpha value is -3.27. The molecule has 1 amide bonds. The highest BCUT2D eigenvalue weighted by molar-refractivity contribution is 7.92. The van der Waals surface area contributed by atoms with Crippen LogP contribution in [0.25, 0.3) is 5.82 Å². The lowest BCUT2D eigenvalue weighted by molar-refractivity contribution is -0.115. The largest absolute Gasteiger partial charge is 0.326 e. The number of carbonyl (C=O) groups excluding carboxylic acids is 1. The lowest BCUT2D eigenvalue weighted by Crippen LogP contribution is -2.15. The minimum Gasteiger partial charge on any atom is -0.326 e. The van der Waals surface area contributed by atoms with Gasteiger partial charge in [0, 0.05) is 30.6 Å². The molecule has 0 aliphatic rings. The number of aryl methyl sites for hydroxylation is 1. The van der Waals surface area contributed by atoms with Crippen LogP contribution in [0.2, 0.25) is 0 Å². The monoisotopic (exact) mass is 386 g/mol. The summed E-state index contributed by atoms with van der Waals surface area (Å²) in [5, 5.41) is 2.66. The van der Waals surface area contributed by atoms with Crippen molar-refractivity contribution in [1.82, 2.24) is 19.5 Å². The molecule has 0 saturated carbocycles. The normalized spacial score (nSPS) is 11.2. The highest BCUT2D eigenvalue weighted by Crippen LogP contribution is 2.18. The smallest absolute Gasteiger partial charge is 0.263 e. The van der Waals surface area contributed by atoms with Crippen LogP contribution in [0.5, 0.6) is 0 Å². The quantitative estimate of drug-likeness (QED) is 0.670. The number of sulfonamides is 1. The summed E-state index contributed by atoms with van der Waals surface area (Å²) in [7, 11) is -3.84. The number of nitrogens with one attached hydrogen (secondary N) is 2. The van der Waals surface area contributed by atoms with Gasteiger partial charge in [0.25, 0.3) is 10.0 Å². The number of benzene rings is 1. The number of nitrogens with zero attached hydrogens (tertiary/aromatic N) is 4. The molecule has 0 spiro atoms. The van der Waals surface area contributed by atoms with E-state index in [0.717, 1.165) is 0 Å². The lowest BCUT2D eigenvalue weighted by Gasteiger charge is -2.10. The number of anilines is 2. The number of imidazole rings is 1. The molecule has 2 heterocycles. The van der Waals surface area contributed by atoms with Crippen LogP contribution < -0.4 is 10.0 Å². The van der Waals surface area contributed by atoms with E-state index in [1.165, 1.54) is 36.7 Å². The molecular formula is C17H18N6O3S. The van der Waals surface area contributed by atoms with E-state index in [-0.39, 0.29) is 16.6 Å². The molecule has 9 nitrogen and oxygen atoms in total. The van der Waals surface area contributed by atoms with Crippen LogP contribution in [0.4, 0.5) is 11.5 Å².